The number of hydrogen-bond donors (Lipinski definition) is 0. The van der Waals surface area contributed by atoms with Gasteiger partial charge in [-0.1, -0.05) is 0 Å². The topological polar surface area (TPSA) is 57.7 Å². The number of rotatable bonds is 3. The third-order valence-corrected chi connectivity index (χ3v) is 4.97. The molecule has 3 fully saturated rings. The van der Waals surface area contributed by atoms with Gasteiger partial charge in [0.05, 0.1) is 32.3 Å². The van der Waals surface area contributed by atoms with Crippen LogP contribution in [0.2, 0.25) is 0 Å². The third-order valence-electron chi connectivity index (χ3n) is 4.97. The summed E-state index contributed by atoms with van der Waals surface area (Å²) in [5.74, 6) is 1.45. The molecule has 1 aromatic heterocycles. The monoisotopic (exact) mass is 275 g/mol. The zero-order chi connectivity index (χ0) is 13.9. The Bertz CT molecular complexity index is 561. The molecule has 1 aliphatic carbocycles. The minimum atomic E-state index is -0.194. The lowest BCUT2D eigenvalue weighted by atomic mass is 9.75. The highest BCUT2D eigenvalue weighted by Gasteiger charge is 2.69. The van der Waals surface area contributed by atoms with E-state index >= 15 is 0 Å². The van der Waals surface area contributed by atoms with Crippen LogP contribution in [0, 0.1) is 17.8 Å². The first kappa shape index (κ1) is 12.1. The second kappa shape index (κ2) is 4.19. The smallest absolute Gasteiger partial charge is 0.312 e. The van der Waals surface area contributed by atoms with Crippen LogP contribution in [0.3, 0.4) is 0 Å². The Balaban J connectivity index is 1.72. The molecule has 0 amide bonds. The summed E-state index contributed by atoms with van der Waals surface area (Å²) in [6.45, 7) is 0. The molecular weight excluding hydrogens is 258 g/mol. The standard InChI is InChI=1S/C15H17NO4/c1-18-10-5-7(3-4-16-10)11-12(15(17)19-2)14-9-6-8(9)13(11)20-14/h3-5,8-9,11-14H,6H2,1-2H3/t8-,9+,11+,12-,13-,14+/m0/s1. The van der Waals surface area contributed by atoms with Crippen molar-refractivity contribution in [3.05, 3.63) is 23.9 Å². The van der Waals surface area contributed by atoms with E-state index in [0.29, 0.717) is 17.7 Å². The van der Waals surface area contributed by atoms with E-state index in [9.17, 15) is 4.79 Å². The van der Waals surface area contributed by atoms with Crippen molar-refractivity contribution in [3.8, 4) is 5.88 Å². The van der Waals surface area contributed by atoms with Crippen LogP contribution in [-0.4, -0.2) is 37.4 Å². The number of ether oxygens (including phenoxy) is 3. The molecule has 2 aliphatic heterocycles. The lowest BCUT2D eigenvalue weighted by Crippen LogP contribution is -2.34. The molecule has 3 heterocycles. The van der Waals surface area contributed by atoms with E-state index in [1.54, 1.807) is 13.3 Å². The minimum absolute atomic E-state index is 0.0293. The summed E-state index contributed by atoms with van der Waals surface area (Å²) in [6.07, 6.45) is 3.07. The van der Waals surface area contributed by atoms with Crippen LogP contribution in [0.25, 0.3) is 0 Å². The Kier molecular flexibility index (Phi) is 2.54. The lowest BCUT2D eigenvalue weighted by molar-refractivity contribution is -0.148. The van der Waals surface area contributed by atoms with E-state index in [-0.39, 0.29) is 30.0 Å². The van der Waals surface area contributed by atoms with E-state index in [0.717, 1.165) is 5.56 Å². The first-order valence-electron chi connectivity index (χ1n) is 6.98. The number of esters is 1. The molecule has 4 rings (SSSR count). The number of pyridine rings is 1. The molecule has 3 aliphatic rings. The molecular formula is C15H17NO4. The number of carbonyl (C=O) groups excluding carboxylic acids is 1. The van der Waals surface area contributed by atoms with Gasteiger partial charge in [0, 0.05) is 18.2 Å². The second-order valence-corrected chi connectivity index (χ2v) is 5.83. The Hall–Kier alpha value is -1.62. The normalized spacial score (nSPS) is 40.3. The number of aromatic nitrogens is 1. The van der Waals surface area contributed by atoms with Gasteiger partial charge in [0.15, 0.2) is 0 Å². The maximum Gasteiger partial charge on any atom is 0.312 e. The van der Waals surface area contributed by atoms with Gasteiger partial charge >= 0.3 is 5.97 Å². The Morgan fingerprint density at radius 2 is 2.15 bits per heavy atom. The van der Waals surface area contributed by atoms with Crippen molar-refractivity contribution in [3.63, 3.8) is 0 Å². The molecule has 106 valence electrons. The second-order valence-electron chi connectivity index (χ2n) is 5.83. The molecule has 0 N–H and O–H groups in total. The molecule has 1 saturated carbocycles. The van der Waals surface area contributed by atoms with Crippen molar-refractivity contribution in [2.75, 3.05) is 14.2 Å². The molecule has 2 saturated heterocycles. The molecule has 1 aromatic rings. The molecule has 0 unspecified atom stereocenters. The molecule has 6 atom stereocenters. The molecule has 2 bridgehead atoms. The van der Waals surface area contributed by atoms with Crippen LogP contribution in [-0.2, 0) is 14.3 Å². The highest BCUT2D eigenvalue weighted by atomic mass is 16.5. The minimum Gasteiger partial charge on any atom is -0.481 e. The molecule has 0 radical (unpaired) electrons. The largest absolute Gasteiger partial charge is 0.481 e. The first-order chi connectivity index (χ1) is 9.74. The summed E-state index contributed by atoms with van der Waals surface area (Å²) in [4.78, 5) is 16.3. The number of methoxy groups -OCH3 is 2. The summed E-state index contributed by atoms with van der Waals surface area (Å²) in [7, 11) is 3.04. The van der Waals surface area contributed by atoms with Gasteiger partial charge in [-0.15, -0.1) is 0 Å². The fourth-order valence-corrected chi connectivity index (χ4v) is 4.04. The quantitative estimate of drug-likeness (QED) is 0.780. The van der Waals surface area contributed by atoms with E-state index in [1.165, 1.54) is 13.5 Å². The number of nitrogens with zero attached hydrogens (tertiary/aromatic N) is 1. The summed E-state index contributed by atoms with van der Waals surface area (Å²) in [5, 5.41) is 0. The van der Waals surface area contributed by atoms with Crippen molar-refractivity contribution in [1.82, 2.24) is 4.98 Å². The first-order valence-corrected chi connectivity index (χ1v) is 6.98. The van der Waals surface area contributed by atoms with E-state index in [2.05, 4.69) is 4.98 Å². The van der Waals surface area contributed by atoms with Crippen LogP contribution in [0.15, 0.2) is 18.3 Å². The predicted octanol–water partition coefficient (Wildman–Crippen LogP) is 1.38. The van der Waals surface area contributed by atoms with Crippen LogP contribution >= 0.6 is 0 Å². The van der Waals surface area contributed by atoms with Crippen LogP contribution in [0.5, 0.6) is 5.88 Å². The molecule has 0 aromatic carbocycles. The molecule has 5 heteroatoms. The number of hydrogen-bond acceptors (Lipinski definition) is 5. The maximum atomic E-state index is 12.2. The van der Waals surface area contributed by atoms with Gasteiger partial charge in [-0.2, -0.15) is 0 Å². The third kappa shape index (κ3) is 1.53. The van der Waals surface area contributed by atoms with Crippen LogP contribution < -0.4 is 4.74 Å². The average Bonchev–Trinajstić information content (AvgIpc) is 3.11. The van der Waals surface area contributed by atoms with Gasteiger partial charge < -0.3 is 14.2 Å². The van der Waals surface area contributed by atoms with Gasteiger partial charge in [-0.05, 0) is 29.9 Å². The molecule has 0 spiro atoms. The lowest BCUT2D eigenvalue weighted by Gasteiger charge is -2.26. The van der Waals surface area contributed by atoms with Crippen LogP contribution in [0.4, 0.5) is 0 Å². The Morgan fingerprint density at radius 3 is 2.90 bits per heavy atom. The van der Waals surface area contributed by atoms with Crippen molar-refractivity contribution in [1.29, 1.82) is 0 Å². The van der Waals surface area contributed by atoms with Crippen molar-refractivity contribution < 1.29 is 19.0 Å². The van der Waals surface area contributed by atoms with E-state index in [4.69, 9.17) is 14.2 Å². The SMILES string of the molecule is COC(=O)[C@@H]1[C@@H]2O[C@@H]([C@H]3C[C@H]32)[C@@H]1c1ccnc(OC)c1. The summed E-state index contributed by atoms with van der Waals surface area (Å²) in [5.41, 5.74) is 1.06. The van der Waals surface area contributed by atoms with Crippen molar-refractivity contribution in [2.24, 2.45) is 17.8 Å². The fourth-order valence-electron chi connectivity index (χ4n) is 4.04. The predicted molar refractivity (Wildman–Crippen MR) is 69.3 cm³/mol. The summed E-state index contributed by atoms with van der Waals surface area (Å²) in [6, 6.07) is 3.85. The Morgan fingerprint density at radius 1 is 1.35 bits per heavy atom. The highest BCUT2D eigenvalue weighted by molar-refractivity contribution is 5.76. The number of fused-ring (bicyclic) bond motifs is 5. The molecule has 20 heavy (non-hydrogen) atoms. The average molecular weight is 275 g/mol. The van der Waals surface area contributed by atoms with Crippen molar-refractivity contribution >= 4 is 5.97 Å². The highest BCUT2D eigenvalue weighted by Crippen LogP contribution is 2.65. The zero-order valence-corrected chi connectivity index (χ0v) is 11.5. The summed E-state index contributed by atoms with van der Waals surface area (Å²) < 4.78 is 16.2. The van der Waals surface area contributed by atoms with Gasteiger partial charge in [-0.3, -0.25) is 4.79 Å². The Labute approximate surface area is 117 Å². The van der Waals surface area contributed by atoms with Crippen LogP contribution in [0.1, 0.15) is 17.9 Å². The summed E-state index contributed by atoms with van der Waals surface area (Å²) >= 11 is 0. The zero-order valence-electron chi connectivity index (χ0n) is 11.5. The fraction of sp³-hybridized carbons (Fsp3) is 0.600. The van der Waals surface area contributed by atoms with E-state index < -0.39 is 0 Å². The van der Waals surface area contributed by atoms with E-state index in [1.807, 2.05) is 12.1 Å². The molecule has 5 nitrogen and oxygen atoms in total. The van der Waals surface area contributed by atoms with Gasteiger partial charge in [0.2, 0.25) is 5.88 Å². The van der Waals surface area contributed by atoms with Gasteiger partial charge in [0.1, 0.15) is 0 Å². The van der Waals surface area contributed by atoms with Crippen molar-refractivity contribution in [2.45, 2.75) is 24.5 Å². The van der Waals surface area contributed by atoms with Gasteiger partial charge in [0.25, 0.3) is 0 Å². The number of carbonyl (C=O) groups is 1. The van der Waals surface area contributed by atoms with Gasteiger partial charge in [-0.25, -0.2) is 4.98 Å². The maximum absolute atomic E-state index is 12.2.